The highest BCUT2D eigenvalue weighted by Crippen LogP contribution is 2.36. The molecule has 2 saturated heterocycles. The molecule has 5 rings (SSSR count). The molecule has 44 heavy (non-hydrogen) atoms. The number of piperazine rings is 1. The molecule has 0 spiro atoms. The maximum absolute atomic E-state index is 15.9. The fourth-order valence-corrected chi connectivity index (χ4v) is 5.92. The Morgan fingerprint density at radius 2 is 1.57 bits per heavy atom. The van der Waals surface area contributed by atoms with Gasteiger partial charge in [0.1, 0.15) is 5.82 Å². The molecule has 2 aliphatic heterocycles. The summed E-state index contributed by atoms with van der Waals surface area (Å²) in [5, 5.41) is 2.74. The number of pyridine rings is 1. The van der Waals surface area contributed by atoms with E-state index in [0.29, 0.717) is 43.4 Å². The monoisotopic (exact) mass is 613 g/mol. The molecule has 1 aromatic carbocycles. The Labute approximate surface area is 254 Å². The molecule has 2 aliphatic rings. The summed E-state index contributed by atoms with van der Waals surface area (Å²) in [5.74, 6) is -0.888. The summed E-state index contributed by atoms with van der Waals surface area (Å²) in [5.41, 5.74) is -0.491. The SMILES string of the molecule is CC1CN(c2ncc(-c3cc(NC(=O)c4cn(C)c(=O)cc4C(F)F)c(N4CC(C)N(C)C(C)C4)cc3F)cn2)CC(C)O1. The normalized spacial score (nSPS) is 22.9. The molecule has 0 saturated carbocycles. The molecule has 2 fully saturated rings. The van der Waals surface area contributed by atoms with Gasteiger partial charge in [0.2, 0.25) is 5.95 Å². The topological polar surface area (TPSA) is 95.8 Å². The van der Waals surface area contributed by atoms with E-state index in [1.54, 1.807) is 0 Å². The minimum Gasteiger partial charge on any atom is -0.372 e. The summed E-state index contributed by atoms with van der Waals surface area (Å²) in [6, 6.07) is 3.85. The molecule has 13 heteroatoms. The van der Waals surface area contributed by atoms with Crippen molar-refractivity contribution in [3.63, 3.8) is 0 Å². The molecule has 0 radical (unpaired) electrons. The fourth-order valence-electron chi connectivity index (χ4n) is 5.92. The Hall–Kier alpha value is -3.97. The number of likely N-dealkylation sites (N-methyl/N-ethyl adjacent to an activating group) is 1. The molecule has 2 aromatic heterocycles. The number of nitrogens with one attached hydrogen (secondary N) is 1. The first-order chi connectivity index (χ1) is 20.8. The third-order valence-electron chi connectivity index (χ3n) is 8.43. The van der Waals surface area contributed by atoms with E-state index in [9.17, 15) is 18.4 Å². The van der Waals surface area contributed by atoms with Crippen LogP contribution in [0, 0.1) is 5.82 Å². The van der Waals surface area contributed by atoms with E-state index in [2.05, 4.69) is 34.0 Å². The van der Waals surface area contributed by atoms with E-state index in [-0.39, 0.29) is 41.1 Å². The first-order valence-electron chi connectivity index (χ1n) is 14.7. The van der Waals surface area contributed by atoms with Gasteiger partial charge in [0.05, 0.1) is 29.1 Å². The standard InChI is InChI=1S/C31H38F3N7O3/c1-17-12-40(13-18(2)39(17)6)27-9-25(32)22(21-10-35-31(36-11-21)41-14-19(3)44-20(4)15-41)7-26(27)37-30(43)24-16-38(5)28(42)8-23(24)29(33)34/h7-11,16-20,29H,12-15H2,1-6H3,(H,37,43). The Kier molecular flexibility index (Phi) is 8.98. The Morgan fingerprint density at radius 1 is 0.955 bits per heavy atom. The van der Waals surface area contributed by atoms with Crippen molar-refractivity contribution in [2.45, 2.75) is 58.4 Å². The first-order valence-corrected chi connectivity index (χ1v) is 14.7. The lowest BCUT2D eigenvalue weighted by Crippen LogP contribution is -2.55. The number of carbonyl (C=O) groups is 1. The van der Waals surface area contributed by atoms with Gasteiger partial charge in [-0.25, -0.2) is 23.1 Å². The molecule has 1 N–H and O–H groups in total. The Balaban J connectivity index is 1.54. The number of rotatable bonds is 6. The van der Waals surface area contributed by atoms with Crippen LogP contribution >= 0.6 is 0 Å². The van der Waals surface area contributed by atoms with E-state index in [0.717, 1.165) is 16.8 Å². The number of aryl methyl sites for hydroxylation is 1. The van der Waals surface area contributed by atoms with Crippen LogP contribution in [0.1, 0.15) is 50.0 Å². The number of morpholine rings is 1. The predicted molar refractivity (Wildman–Crippen MR) is 163 cm³/mol. The average Bonchev–Trinajstić information content (AvgIpc) is 2.97. The van der Waals surface area contributed by atoms with Crippen LogP contribution in [0.5, 0.6) is 0 Å². The zero-order valence-corrected chi connectivity index (χ0v) is 25.7. The van der Waals surface area contributed by atoms with Gasteiger partial charge in [-0.15, -0.1) is 0 Å². The zero-order chi connectivity index (χ0) is 31.9. The number of hydrogen-bond donors (Lipinski definition) is 1. The maximum atomic E-state index is 15.9. The van der Waals surface area contributed by atoms with Crippen molar-refractivity contribution >= 4 is 23.2 Å². The van der Waals surface area contributed by atoms with Gasteiger partial charge in [0, 0.05) is 86.7 Å². The number of ether oxygens (including phenoxy) is 1. The van der Waals surface area contributed by atoms with Gasteiger partial charge in [-0.05, 0) is 46.9 Å². The number of carbonyl (C=O) groups excluding carboxylic acids is 1. The van der Waals surface area contributed by atoms with E-state index in [1.165, 1.54) is 31.6 Å². The number of nitrogens with zero attached hydrogens (tertiary/aromatic N) is 6. The number of alkyl halides is 2. The second-order valence-electron chi connectivity index (χ2n) is 11.9. The number of amides is 1. The minimum atomic E-state index is -3.04. The molecule has 10 nitrogen and oxygen atoms in total. The van der Waals surface area contributed by atoms with Crippen LogP contribution in [-0.4, -0.2) is 82.9 Å². The van der Waals surface area contributed by atoms with Crippen molar-refractivity contribution in [3.8, 4) is 11.1 Å². The van der Waals surface area contributed by atoms with Gasteiger partial charge >= 0.3 is 0 Å². The smallest absolute Gasteiger partial charge is 0.264 e. The summed E-state index contributed by atoms with van der Waals surface area (Å²) < 4.78 is 50.4. The number of benzene rings is 1. The molecule has 1 amide bonds. The lowest BCUT2D eigenvalue weighted by Gasteiger charge is -2.44. The molecule has 4 atom stereocenters. The number of halogens is 3. The highest BCUT2D eigenvalue weighted by atomic mass is 19.3. The van der Waals surface area contributed by atoms with Gasteiger partial charge < -0.3 is 24.4 Å². The number of hydrogen-bond acceptors (Lipinski definition) is 8. The maximum Gasteiger partial charge on any atom is 0.264 e. The number of anilines is 3. The highest BCUT2D eigenvalue weighted by molar-refractivity contribution is 6.07. The van der Waals surface area contributed by atoms with Crippen LogP contribution < -0.4 is 20.7 Å². The molecule has 4 heterocycles. The summed E-state index contributed by atoms with van der Waals surface area (Å²) in [7, 11) is 3.40. The second kappa shape index (κ2) is 12.6. The van der Waals surface area contributed by atoms with Crippen LogP contribution in [0.3, 0.4) is 0 Å². The van der Waals surface area contributed by atoms with Crippen molar-refractivity contribution in [3.05, 3.63) is 64.1 Å². The fraction of sp³-hybridized carbons (Fsp3) is 0.484. The molecule has 236 valence electrons. The number of aromatic nitrogens is 3. The largest absolute Gasteiger partial charge is 0.372 e. The Bertz CT molecular complexity index is 1560. The first kappa shape index (κ1) is 31.5. The summed E-state index contributed by atoms with van der Waals surface area (Å²) >= 11 is 0. The highest BCUT2D eigenvalue weighted by Gasteiger charge is 2.30. The summed E-state index contributed by atoms with van der Waals surface area (Å²) in [4.78, 5) is 40.7. The molecular weight excluding hydrogens is 575 g/mol. The summed E-state index contributed by atoms with van der Waals surface area (Å²) in [6.07, 6.45) is 1.12. The lowest BCUT2D eigenvalue weighted by molar-refractivity contribution is -0.00572. The van der Waals surface area contributed by atoms with Gasteiger partial charge in [-0.1, -0.05) is 0 Å². The predicted octanol–water partition coefficient (Wildman–Crippen LogP) is 4.31. The van der Waals surface area contributed by atoms with Crippen LogP contribution in [0.4, 0.5) is 30.5 Å². The third kappa shape index (κ3) is 6.43. The lowest BCUT2D eigenvalue weighted by atomic mass is 10.0. The van der Waals surface area contributed by atoms with Crippen LogP contribution in [0.15, 0.2) is 41.6 Å². The Morgan fingerprint density at radius 3 is 2.16 bits per heavy atom. The third-order valence-corrected chi connectivity index (χ3v) is 8.43. The van der Waals surface area contributed by atoms with Crippen molar-refractivity contribution in [1.29, 1.82) is 0 Å². The minimum absolute atomic E-state index is 0.0100. The van der Waals surface area contributed by atoms with Crippen molar-refractivity contribution < 1.29 is 22.7 Å². The molecule has 0 bridgehead atoms. The van der Waals surface area contributed by atoms with Crippen LogP contribution in [0.25, 0.3) is 11.1 Å². The van der Waals surface area contributed by atoms with E-state index >= 15 is 4.39 Å². The van der Waals surface area contributed by atoms with Gasteiger partial charge in [-0.2, -0.15) is 0 Å². The zero-order valence-electron chi connectivity index (χ0n) is 25.7. The van der Waals surface area contributed by atoms with Crippen LogP contribution in [0.2, 0.25) is 0 Å². The molecular formula is C31H38F3N7O3. The molecule has 4 unspecified atom stereocenters. The van der Waals surface area contributed by atoms with E-state index < -0.39 is 29.3 Å². The molecule has 0 aliphatic carbocycles. The second-order valence-corrected chi connectivity index (χ2v) is 11.9. The van der Waals surface area contributed by atoms with Crippen molar-refractivity contribution in [2.24, 2.45) is 7.05 Å². The van der Waals surface area contributed by atoms with Crippen molar-refractivity contribution in [1.82, 2.24) is 19.4 Å². The van der Waals surface area contributed by atoms with Gasteiger partial charge in [-0.3, -0.25) is 14.5 Å². The summed E-state index contributed by atoms with van der Waals surface area (Å²) in [6.45, 7) is 10.4. The van der Waals surface area contributed by atoms with Gasteiger partial charge in [0.25, 0.3) is 17.9 Å². The van der Waals surface area contributed by atoms with Crippen molar-refractivity contribution in [2.75, 3.05) is 48.3 Å². The van der Waals surface area contributed by atoms with Gasteiger partial charge in [0.15, 0.2) is 0 Å². The van der Waals surface area contributed by atoms with E-state index in [4.69, 9.17) is 4.74 Å². The van der Waals surface area contributed by atoms with Crippen LogP contribution in [-0.2, 0) is 11.8 Å². The average molecular weight is 614 g/mol. The molecule has 3 aromatic rings. The quantitative estimate of drug-likeness (QED) is 0.440. The van der Waals surface area contributed by atoms with E-state index in [1.807, 2.05) is 30.7 Å².